The lowest BCUT2D eigenvalue weighted by Gasteiger charge is -2.28. The summed E-state index contributed by atoms with van der Waals surface area (Å²) in [7, 11) is 0.161. The smallest absolute Gasteiger partial charge is 0.183 e. The number of ether oxygens (including phenoxy) is 3. The van der Waals surface area contributed by atoms with Gasteiger partial charge >= 0.3 is 0 Å². The Labute approximate surface area is 207 Å². The van der Waals surface area contributed by atoms with E-state index in [2.05, 4.69) is 29.5 Å². The number of rotatable bonds is 6. The molecule has 32 heavy (non-hydrogen) atoms. The quantitative estimate of drug-likeness (QED) is 0.235. The van der Waals surface area contributed by atoms with Crippen LogP contribution in [0.3, 0.4) is 0 Å². The SMILES string of the molecule is CC.CCCCI.COc1cccc(OC)c1-c1cccc2c1P(C)(=O)C(C(C)(C)O)O2. The van der Waals surface area contributed by atoms with E-state index in [4.69, 9.17) is 14.2 Å². The van der Waals surface area contributed by atoms with Crippen LogP contribution in [0.4, 0.5) is 0 Å². The molecule has 1 heterocycles. The lowest BCUT2D eigenvalue weighted by atomic mass is 10.0. The van der Waals surface area contributed by atoms with Gasteiger partial charge in [0.25, 0.3) is 0 Å². The van der Waals surface area contributed by atoms with Gasteiger partial charge in [-0.1, -0.05) is 68.0 Å². The monoisotopic (exact) mass is 576 g/mol. The molecule has 0 spiro atoms. The van der Waals surface area contributed by atoms with Gasteiger partial charge in [0.15, 0.2) is 13.0 Å². The van der Waals surface area contributed by atoms with Gasteiger partial charge in [-0.3, -0.25) is 0 Å². The molecule has 2 aromatic carbocycles. The standard InChI is InChI=1S/C19H23O5P.C4H9I.C2H6/c1-19(2,20)18-24-15-11-6-8-12(17(15)25(18,5)21)16-13(22-3)9-7-10-14(16)23-4;1-2-3-4-5;1-2/h6-11,18,20H,1-5H3;2-4H2,1H3;1-2H3. The van der Waals surface area contributed by atoms with Crippen molar-refractivity contribution in [2.45, 2.75) is 58.9 Å². The van der Waals surface area contributed by atoms with Crippen molar-refractivity contribution in [1.29, 1.82) is 0 Å². The fraction of sp³-hybridized carbons (Fsp3) is 0.520. The minimum absolute atomic E-state index is 0.531. The lowest BCUT2D eigenvalue weighted by molar-refractivity contribution is 0.00895. The van der Waals surface area contributed by atoms with Gasteiger partial charge in [-0.05, 0) is 49.6 Å². The normalized spacial score (nSPS) is 18.9. The van der Waals surface area contributed by atoms with Crippen molar-refractivity contribution >= 4 is 35.0 Å². The first-order valence-corrected chi connectivity index (χ1v) is 14.7. The Kier molecular flexibility index (Phi) is 11.6. The molecule has 1 aliphatic rings. The molecule has 180 valence electrons. The summed E-state index contributed by atoms with van der Waals surface area (Å²) >= 11 is 2.39. The second kappa shape index (κ2) is 12.9. The van der Waals surface area contributed by atoms with Gasteiger partial charge in [-0.2, -0.15) is 0 Å². The van der Waals surface area contributed by atoms with E-state index >= 15 is 0 Å². The predicted molar refractivity (Wildman–Crippen MR) is 144 cm³/mol. The third kappa shape index (κ3) is 6.42. The van der Waals surface area contributed by atoms with Crippen LogP contribution in [0.25, 0.3) is 11.1 Å². The summed E-state index contributed by atoms with van der Waals surface area (Å²) < 4.78 is 31.9. The number of benzene rings is 2. The van der Waals surface area contributed by atoms with Crippen LogP contribution in [-0.4, -0.2) is 41.9 Å². The van der Waals surface area contributed by atoms with E-state index in [1.54, 1.807) is 40.8 Å². The Morgan fingerprint density at radius 1 is 1.09 bits per heavy atom. The molecule has 0 aliphatic carbocycles. The van der Waals surface area contributed by atoms with Crippen molar-refractivity contribution in [2.75, 3.05) is 25.3 Å². The minimum Gasteiger partial charge on any atom is -0.496 e. The van der Waals surface area contributed by atoms with Gasteiger partial charge in [0.2, 0.25) is 0 Å². The number of hydrogen-bond acceptors (Lipinski definition) is 5. The van der Waals surface area contributed by atoms with Crippen LogP contribution in [0, 0.1) is 0 Å². The number of hydrogen-bond donors (Lipinski definition) is 1. The Bertz CT molecular complexity index is 883. The molecule has 1 N–H and O–H groups in total. The molecule has 0 saturated heterocycles. The second-order valence-corrected chi connectivity index (χ2v) is 11.8. The summed E-state index contributed by atoms with van der Waals surface area (Å²) in [5.41, 5.74) is 0.238. The zero-order valence-corrected chi connectivity index (χ0v) is 23.6. The van der Waals surface area contributed by atoms with Crippen molar-refractivity contribution in [3.8, 4) is 28.4 Å². The molecule has 0 saturated carbocycles. The van der Waals surface area contributed by atoms with Gasteiger partial charge in [-0.15, -0.1) is 0 Å². The summed E-state index contributed by atoms with van der Waals surface area (Å²) in [6, 6.07) is 11.0. The van der Waals surface area contributed by atoms with Crippen LogP contribution in [0.15, 0.2) is 36.4 Å². The Hall–Kier alpha value is -1.24. The number of aliphatic hydroxyl groups is 1. The van der Waals surface area contributed by atoms with E-state index in [9.17, 15) is 9.67 Å². The first-order chi connectivity index (χ1) is 15.1. The van der Waals surface area contributed by atoms with E-state index < -0.39 is 18.6 Å². The van der Waals surface area contributed by atoms with Crippen molar-refractivity contribution in [3.05, 3.63) is 36.4 Å². The summed E-state index contributed by atoms with van der Waals surface area (Å²) in [5.74, 6) is 0.985. The molecule has 1 aliphatic heterocycles. The zero-order valence-electron chi connectivity index (χ0n) is 20.6. The van der Waals surface area contributed by atoms with Crippen molar-refractivity contribution < 1.29 is 23.9 Å². The van der Waals surface area contributed by atoms with Crippen LogP contribution in [0.5, 0.6) is 17.2 Å². The van der Waals surface area contributed by atoms with Crippen LogP contribution >= 0.6 is 29.7 Å². The molecular formula is C25H38IO5P. The van der Waals surface area contributed by atoms with E-state index in [1.807, 2.05) is 44.2 Å². The number of fused-ring (bicyclic) bond motifs is 1. The average Bonchev–Trinajstić information content (AvgIpc) is 3.07. The Morgan fingerprint density at radius 3 is 2.03 bits per heavy atom. The molecular weight excluding hydrogens is 538 g/mol. The lowest BCUT2D eigenvalue weighted by Crippen LogP contribution is -2.38. The van der Waals surface area contributed by atoms with Gasteiger partial charge in [-0.25, -0.2) is 0 Å². The highest BCUT2D eigenvalue weighted by atomic mass is 127. The van der Waals surface area contributed by atoms with Gasteiger partial charge in [0.05, 0.1) is 25.1 Å². The number of halogens is 1. The maximum Gasteiger partial charge on any atom is 0.183 e. The van der Waals surface area contributed by atoms with Crippen LogP contribution in [0.2, 0.25) is 0 Å². The first kappa shape index (κ1) is 28.8. The number of methoxy groups -OCH3 is 2. The summed E-state index contributed by atoms with van der Waals surface area (Å²) in [6.45, 7) is 11.1. The van der Waals surface area contributed by atoms with E-state index in [1.165, 1.54) is 17.3 Å². The number of unbranched alkanes of at least 4 members (excludes halogenated alkanes) is 1. The van der Waals surface area contributed by atoms with Crippen LogP contribution < -0.4 is 19.5 Å². The van der Waals surface area contributed by atoms with Gasteiger partial charge < -0.3 is 23.9 Å². The molecule has 0 aromatic heterocycles. The molecule has 2 aromatic rings. The fourth-order valence-corrected chi connectivity index (χ4v) is 7.36. The third-order valence-electron chi connectivity index (χ3n) is 4.92. The van der Waals surface area contributed by atoms with E-state index in [0.29, 0.717) is 22.6 Å². The molecule has 7 heteroatoms. The Balaban J connectivity index is 0.000000646. The molecule has 0 bridgehead atoms. The highest BCUT2D eigenvalue weighted by Crippen LogP contribution is 2.59. The molecule has 2 atom stereocenters. The summed E-state index contributed by atoms with van der Waals surface area (Å²) in [5, 5.41) is 11.1. The van der Waals surface area contributed by atoms with Crippen molar-refractivity contribution in [3.63, 3.8) is 0 Å². The van der Waals surface area contributed by atoms with Crippen molar-refractivity contribution in [1.82, 2.24) is 0 Å². The predicted octanol–water partition coefficient (Wildman–Crippen LogP) is 6.73. The molecule has 3 rings (SSSR count). The minimum atomic E-state index is -3.01. The van der Waals surface area contributed by atoms with Gasteiger partial charge in [0, 0.05) is 5.56 Å². The molecule has 0 fully saturated rings. The zero-order chi connectivity index (χ0) is 24.5. The maximum absolute atomic E-state index is 13.6. The van der Waals surface area contributed by atoms with E-state index in [-0.39, 0.29) is 0 Å². The highest BCUT2D eigenvalue weighted by Gasteiger charge is 2.50. The summed E-state index contributed by atoms with van der Waals surface area (Å²) in [6.07, 6.45) is 2.71. The molecule has 0 amide bonds. The number of alkyl halides is 1. The third-order valence-corrected chi connectivity index (χ3v) is 8.66. The topological polar surface area (TPSA) is 65.0 Å². The van der Waals surface area contributed by atoms with Crippen molar-refractivity contribution in [2.24, 2.45) is 0 Å². The van der Waals surface area contributed by atoms with Crippen LogP contribution in [-0.2, 0) is 4.57 Å². The molecule has 5 nitrogen and oxygen atoms in total. The first-order valence-electron chi connectivity index (χ1n) is 11.0. The van der Waals surface area contributed by atoms with E-state index in [0.717, 1.165) is 11.1 Å². The molecule has 2 unspecified atom stereocenters. The second-order valence-electron chi connectivity index (χ2n) is 7.85. The summed E-state index contributed by atoms with van der Waals surface area (Å²) in [4.78, 5) is 0. The Morgan fingerprint density at radius 2 is 1.62 bits per heavy atom. The van der Waals surface area contributed by atoms with Gasteiger partial charge in [0.1, 0.15) is 22.8 Å². The average molecular weight is 576 g/mol. The van der Waals surface area contributed by atoms with Crippen LogP contribution in [0.1, 0.15) is 47.5 Å². The maximum atomic E-state index is 13.6. The largest absolute Gasteiger partial charge is 0.496 e. The fourth-order valence-electron chi connectivity index (χ4n) is 3.61. The molecule has 0 radical (unpaired) electrons. The highest BCUT2D eigenvalue weighted by molar-refractivity contribution is 14.1.